The first kappa shape index (κ1) is 21.6. The van der Waals surface area contributed by atoms with Crippen LogP contribution in [0.5, 0.6) is 17.4 Å². The van der Waals surface area contributed by atoms with Crippen molar-refractivity contribution in [1.82, 2.24) is 14.9 Å². The van der Waals surface area contributed by atoms with Crippen molar-refractivity contribution in [2.45, 2.75) is 26.3 Å². The van der Waals surface area contributed by atoms with E-state index in [9.17, 15) is 4.79 Å². The van der Waals surface area contributed by atoms with Gasteiger partial charge >= 0.3 is 0 Å². The molecular formula is C25H28N4O3. The van der Waals surface area contributed by atoms with Gasteiger partial charge in [-0.1, -0.05) is 24.3 Å². The van der Waals surface area contributed by atoms with Crippen LogP contribution >= 0.6 is 0 Å². The fraction of sp³-hybridized carbons (Fsp3) is 0.320. The molecule has 1 unspecified atom stereocenters. The largest absolute Gasteiger partial charge is 0.497 e. The van der Waals surface area contributed by atoms with Crippen LogP contribution < -0.4 is 14.4 Å². The molecule has 1 aromatic heterocycles. The number of aryl methyl sites for hydroxylation is 1. The predicted molar refractivity (Wildman–Crippen MR) is 123 cm³/mol. The van der Waals surface area contributed by atoms with Crippen molar-refractivity contribution in [2.24, 2.45) is 0 Å². The van der Waals surface area contributed by atoms with Crippen molar-refractivity contribution in [3.8, 4) is 17.4 Å². The highest BCUT2D eigenvalue weighted by Gasteiger charge is 2.28. The maximum atomic E-state index is 12.9. The van der Waals surface area contributed by atoms with Gasteiger partial charge in [0.1, 0.15) is 23.6 Å². The van der Waals surface area contributed by atoms with E-state index in [4.69, 9.17) is 9.47 Å². The lowest BCUT2D eigenvalue weighted by atomic mass is 10.1. The molecular weight excluding hydrogens is 404 g/mol. The molecule has 0 radical (unpaired) electrons. The summed E-state index contributed by atoms with van der Waals surface area (Å²) in [5.41, 5.74) is 2.11. The van der Waals surface area contributed by atoms with Crippen molar-refractivity contribution in [2.75, 3.05) is 31.6 Å². The summed E-state index contributed by atoms with van der Waals surface area (Å²) >= 11 is 0. The summed E-state index contributed by atoms with van der Waals surface area (Å²) in [6.45, 7) is 6.15. The van der Waals surface area contributed by atoms with Gasteiger partial charge in [-0.3, -0.25) is 4.79 Å². The number of nitrogens with zero attached hydrogens (tertiary/aromatic N) is 4. The first-order chi connectivity index (χ1) is 15.5. The van der Waals surface area contributed by atoms with Crippen molar-refractivity contribution < 1.29 is 14.3 Å². The Balaban J connectivity index is 1.38. The van der Waals surface area contributed by atoms with Crippen LogP contribution in [0.4, 0.5) is 5.82 Å². The quantitative estimate of drug-likeness (QED) is 0.589. The van der Waals surface area contributed by atoms with Gasteiger partial charge in [0.2, 0.25) is 11.8 Å². The van der Waals surface area contributed by atoms with Crippen molar-refractivity contribution >= 4 is 11.7 Å². The summed E-state index contributed by atoms with van der Waals surface area (Å²) in [6.07, 6.45) is 1.91. The van der Waals surface area contributed by atoms with Gasteiger partial charge in [-0.25, -0.2) is 9.97 Å². The number of carbonyl (C=O) groups is 1. The molecule has 32 heavy (non-hydrogen) atoms. The van der Waals surface area contributed by atoms with Crippen LogP contribution in [0.3, 0.4) is 0 Å². The second-order valence-electron chi connectivity index (χ2n) is 8.04. The van der Waals surface area contributed by atoms with E-state index in [1.54, 1.807) is 7.11 Å². The average molecular weight is 433 g/mol. The van der Waals surface area contributed by atoms with Gasteiger partial charge < -0.3 is 19.3 Å². The van der Waals surface area contributed by atoms with Gasteiger partial charge in [0.15, 0.2) is 0 Å². The minimum atomic E-state index is 0.0746. The number of piperazine rings is 1. The maximum Gasteiger partial charge on any atom is 0.227 e. The summed E-state index contributed by atoms with van der Waals surface area (Å²) < 4.78 is 11.1. The average Bonchev–Trinajstić information content (AvgIpc) is 2.79. The molecule has 1 aliphatic heterocycles. The number of anilines is 1. The van der Waals surface area contributed by atoms with Gasteiger partial charge in [0.05, 0.1) is 13.5 Å². The molecule has 7 nitrogen and oxygen atoms in total. The number of amides is 1. The Labute approximate surface area is 188 Å². The molecule has 0 spiro atoms. The number of rotatable bonds is 6. The first-order valence-corrected chi connectivity index (χ1v) is 10.8. The van der Waals surface area contributed by atoms with E-state index in [1.807, 2.05) is 66.4 Å². The van der Waals surface area contributed by atoms with Crippen LogP contribution in [0.15, 0.2) is 60.9 Å². The number of carbonyl (C=O) groups excluding carboxylic acids is 1. The van der Waals surface area contributed by atoms with Crippen LogP contribution in [0, 0.1) is 6.92 Å². The number of benzene rings is 2. The molecule has 1 atom stereocenters. The van der Waals surface area contributed by atoms with Crippen LogP contribution in [-0.4, -0.2) is 53.6 Å². The number of hydrogen-bond donors (Lipinski definition) is 0. The topological polar surface area (TPSA) is 67.8 Å². The second kappa shape index (κ2) is 9.68. The Morgan fingerprint density at radius 1 is 1.06 bits per heavy atom. The Morgan fingerprint density at radius 3 is 2.59 bits per heavy atom. The highest BCUT2D eigenvalue weighted by atomic mass is 16.5. The molecule has 0 bridgehead atoms. The summed E-state index contributed by atoms with van der Waals surface area (Å²) in [4.78, 5) is 25.7. The smallest absolute Gasteiger partial charge is 0.227 e. The van der Waals surface area contributed by atoms with E-state index < -0.39 is 0 Å². The van der Waals surface area contributed by atoms with Crippen molar-refractivity contribution in [1.29, 1.82) is 0 Å². The molecule has 1 aliphatic rings. The van der Waals surface area contributed by atoms with Gasteiger partial charge in [-0.15, -0.1) is 0 Å². The zero-order valence-electron chi connectivity index (χ0n) is 18.7. The lowest BCUT2D eigenvalue weighted by Crippen LogP contribution is -2.54. The van der Waals surface area contributed by atoms with E-state index >= 15 is 0 Å². The minimum absolute atomic E-state index is 0.0746. The Kier molecular flexibility index (Phi) is 6.54. The molecule has 166 valence electrons. The third kappa shape index (κ3) is 5.17. The maximum absolute atomic E-state index is 12.9. The van der Waals surface area contributed by atoms with Gasteiger partial charge in [0.25, 0.3) is 0 Å². The summed E-state index contributed by atoms with van der Waals surface area (Å²) in [7, 11) is 1.64. The van der Waals surface area contributed by atoms with Crippen molar-refractivity contribution in [3.63, 3.8) is 0 Å². The fourth-order valence-electron chi connectivity index (χ4n) is 3.91. The van der Waals surface area contributed by atoms with Gasteiger partial charge in [-0.05, 0) is 49.2 Å². The molecule has 2 heterocycles. The first-order valence-electron chi connectivity index (χ1n) is 10.8. The number of methoxy groups -OCH3 is 1. The molecule has 1 fully saturated rings. The number of ether oxygens (including phenoxy) is 2. The highest BCUT2D eigenvalue weighted by molar-refractivity contribution is 5.79. The molecule has 4 rings (SSSR count). The van der Waals surface area contributed by atoms with E-state index in [2.05, 4.69) is 21.8 Å². The number of aromatic nitrogens is 2. The molecule has 1 amide bonds. The van der Waals surface area contributed by atoms with Crippen LogP contribution in [-0.2, 0) is 11.2 Å². The molecule has 0 saturated carbocycles. The Bertz CT molecular complexity index is 1070. The standard InChI is InChI=1S/C25H28N4O3/c1-18-5-4-6-22(13-18)32-24-15-23(26-17-27-24)28-11-12-29(19(2)16-28)25(30)14-20-7-9-21(31-3)10-8-20/h4-10,13,15,17,19H,11-12,14,16H2,1-3H3. The highest BCUT2D eigenvalue weighted by Crippen LogP contribution is 2.25. The molecule has 3 aromatic rings. The zero-order valence-corrected chi connectivity index (χ0v) is 18.7. The second-order valence-corrected chi connectivity index (χ2v) is 8.04. The molecule has 2 aromatic carbocycles. The van der Waals surface area contributed by atoms with E-state index in [1.165, 1.54) is 6.33 Å². The van der Waals surface area contributed by atoms with Crippen molar-refractivity contribution in [3.05, 3.63) is 72.1 Å². The SMILES string of the molecule is COc1ccc(CC(=O)N2CCN(c3cc(Oc4cccc(C)c4)ncn3)CC2C)cc1. The summed E-state index contributed by atoms with van der Waals surface area (Å²) in [6, 6.07) is 17.4. The lowest BCUT2D eigenvalue weighted by molar-refractivity contribution is -0.132. The molecule has 0 aliphatic carbocycles. The van der Waals surface area contributed by atoms with Crippen LogP contribution in [0.1, 0.15) is 18.1 Å². The molecule has 0 N–H and O–H groups in total. The van der Waals surface area contributed by atoms with E-state index in [-0.39, 0.29) is 11.9 Å². The predicted octanol–water partition coefficient (Wildman–Crippen LogP) is 3.87. The zero-order chi connectivity index (χ0) is 22.5. The summed E-state index contributed by atoms with van der Waals surface area (Å²) in [5, 5.41) is 0. The Hall–Kier alpha value is -3.61. The molecule has 1 saturated heterocycles. The van der Waals surface area contributed by atoms with Crippen LogP contribution in [0.2, 0.25) is 0 Å². The third-order valence-electron chi connectivity index (χ3n) is 5.63. The lowest BCUT2D eigenvalue weighted by Gasteiger charge is -2.40. The Morgan fingerprint density at radius 2 is 1.88 bits per heavy atom. The minimum Gasteiger partial charge on any atom is -0.497 e. The van der Waals surface area contributed by atoms with Gasteiger partial charge in [-0.2, -0.15) is 0 Å². The van der Waals surface area contributed by atoms with E-state index in [0.717, 1.165) is 28.4 Å². The van der Waals surface area contributed by atoms with Gasteiger partial charge in [0, 0.05) is 31.7 Å². The fourth-order valence-corrected chi connectivity index (χ4v) is 3.91. The van der Waals surface area contributed by atoms with E-state index in [0.29, 0.717) is 31.9 Å². The third-order valence-corrected chi connectivity index (χ3v) is 5.63. The number of hydrogen-bond acceptors (Lipinski definition) is 6. The summed E-state index contributed by atoms with van der Waals surface area (Å²) in [5.74, 6) is 2.98. The normalized spacial score (nSPS) is 16.0. The monoisotopic (exact) mass is 432 g/mol. The van der Waals surface area contributed by atoms with Crippen LogP contribution in [0.25, 0.3) is 0 Å². The molecule has 7 heteroatoms.